The van der Waals surface area contributed by atoms with Gasteiger partial charge in [0, 0.05) is 32.8 Å². The van der Waals surface area contributed by atoms with Gasteiger partial charge in [0.05, 0.1) is 11.4 Å². The molecule has 2 nitrogen and oxygen atoms in total. The highest BCUT2D eigenvalue weighted by atomic mass is 16.3. The minimum absolute atomic E-state index is 0.0668. The number of rotatable bonds is 4. The summed E-state index contributed by atoms with van der Waals surface area (Å²) in [7, 11) is 0. The smallest absolute Gasteiger partial charge is 0.160 e. The summed E-state index contributed by atoms with van der Waals surface area (Å²) in [6.45, 7) is 4.67. The van der Waals surface area contributed by atoms with Gasteiger partial charge in [-0.1, -0.05) is 135 Å². The van der Waals surface area contributed by atoms with Gasteiger partial charge in [-0.05, 0) is 63.5 Å². The molecule has 1 aliphatic rings. The summed E-state index contributed by atoms with van der Waals surface area (Å²) < 4.78 is 6.80. The first-order valence-corrected chi connectivity index (χ1v) is 15.6. The molecule has 0 fully saturated rings. The Balaban J connectivity index is 1.42. The fourth-order valence-corrected chi connectivity index (χ4v) is 7.49. The van der Waals surface area contributed by atoms with Crippen molar-refractivity contribution in [3.8, 4) is 22.3 Å². The Kier molecular flexibility index (Phi) is 5.58. The highest BCUT2D eigenvalue weighted by molar-refractivity contribution is 6.19. The number of hydrogen-bond donors (Lipinski definition) is 0. The topological polar surface area (TPSA) is 16.4 Å². The van der Waals surface area contributed by atoms with E-state index >= 15 is 0 Å². The first-order chi connectivity index (χ1) is 22.1. The fourth-order valence-electron chi connectivity index (χ4n) is 7.49. The number of fused-ring (bicyclic) bond motifs is 7. The molecule has 8 aromatic rings. The lowest BCUT2D eigenvalue weighted by molar-refractivity contribution is 0.660. The van der Waals surface area contributed by atoms with Crippen LogP contribution in [0.2, 0.25) is 0 Å². The van der Waals surface area contributed by atoms with Gasteiger partial charge in [0.15, 0.2) is 5.58 Å². The summed E-state index contributed by atoms with van der Waals surface area (Å²) >= 11 is 0. The summed E-state index contributed by atoms with van der Waals surface area (Å²) in [4.78, 5) is 2.43. The van der Waals surface area contributed by atoms with Crippen molar-refractivity contribution in [1.82, 2.24) is 0 Å². The molecule has 2 heteroatoms. The van der Waals surface area contributed by atoms with Crippen LogP contribution in [0, 0.1) is 0 Å². The summed E-state index contributed by atoms with van der Waals surface area (Å²) in [5, 5.41) is 4.57. The maximum Gasteiger partial charge on any atom is 0.160 e. The van der Waals surface area contributed by atoms with Crippen molar-refractivity contribution in [2.24, 2.45) is 0 Å². The molecular weight excluding hydrogens is 546 g/mol. The second kappa shape index (κ2) is 9.70. The van der Waals surface area contributed by atoms with Gasteiger partial charge < -0.3 is 9.32 Å². The second-order valence-corrected chi connectivity index (χ2v) is 12.5. The summed E-state index contributed by atoms with van der Waals surface area (Å²) in [6.07, 6.45) is 0. The van der Waals surface area contributed by atoms with E-state index in [0.29, 0.717) is 0 Å². The fraction of sp³-hybridized carbons (Fsp3) is 0.0698. The van der Waals surface area contributed by atoms with Gasteiger partial charge in [-0.2, -0.15) is 0 Å². The summed E-state index contributed by atoms with van der Waals surface area (Å²) in [6, 6.07) is 54.6. The van der Waals surface area contributed by atoms with E-state index in [9.17, 15) is 0 Å². The average Bonchev–Trinajstić information content (AvgIpc) is 3.57. The standard InChI is InChI=1S/C43H31NO/c1-43(2)37-21-11-8-19-33(37)35-27-30(24-25-38(35)43)44(39-22-12-9-17-31(39)28-14-4-3-5-15-28)41-32-18-7-6-16-29(32)26-36-34-20-10-13-23-40(34)45-42(36)41/h3-27H,1-2H3. The SMILES string of the molecule is CC1(C)c2ccccc2-c2cc(N(c3ccccc3-c3ccccc3)c3c4ccccc4cc4c3oc3ccccc34)ccc21. The number of benzene rings is 7. The third kappa shape index (κ3) is 3.82. The Bertz CT molecular complexity index is 2410. The van der Waals surface area contributed by atoms with Gasteiger partial charge in [0.25, 0.3) is 0 Å². The minimum Gasteiger partial charge on any atom is -0.454 e. The molecule has 0 amide bonds. The summed E-state index contributed by atoms with van der Waals surface area (Å²) in [5.74, 6) is 0. The lowest BCUT2D eigenvalue weighted by atomic mass is 9.82. The van der Waals surface area contributed by atoms with E-state index in [4.69, 9.17) is 4.42 Å². The average molecular weight is 578 g/mol. The maximum atomic E-state index is 6.80. The number of hydrogen-bond acceptors (Lipinski definition) is 2. The quantitative estimate of drug-likeness (QED) is 0.207. The van der Waals surface area contributed by atoms with E-state index < -0.39 is 0 Å². The minimum atomic E-state index is -0.0668. The Morgan fingerprint density at radius 2 is 1.18 bits per heavy atom. The molecular formula is C43H31NO. The van der Waals surface area contributed by atoms with Gasteiger partial charge in [-0.25, -0.2) is 0 Å². The molecule has 1 heterocycles. The Morgan fingerprint density at radius 3 is 2.04 bits per heavy atom. The van der Waals surface area contributed by atoms with E-state index in [1.165, 1.54) is 33.2 Å². The monoisotopic (exact) mass is 577 g/mol. The van der Waals surface area contributed by atoms with E-state index in [1.807, 2.05) is 6.07 Å². The normalized spacial score (nSPS) is 13.3. The van der Waals surface area contributed by atoms with Gasteiger partial charge in [-0.15, -0.1) is 0 Å². The third-order valence-electron chi connectivity index (χ3n) is 9.64. The molecule has 1 aromatic heterocycles. The van der Waals surface area contributed by atoms with Crippen molar-refractivity contribution >= 4 is 49.8 Å². The molecule has 0 radical (unpaired) electrons. The molecule has 9 rings (SSSR count). The predicted octanol–water partition coefficient (Wildman–Crippen LogP) is 12.2. The molecule has 0 spiro atoms. The van der Waals surface area contributed by atoms with Crippen LogP contribution < -0.4 is 4.90 Å². The van der Waals surface area contributed by atoms with Crippen molar-refractivity contribution in [1.29, 1.82) is 0 Å². The zero-order chi connectivity index (χ0) is 30.1. The van der Waals surface area contributed by atoms with Gasteiger partial charge in [0.2, 0.25) is 0 Å². The van der Waals surface area contributed by atoms with Crippen LogP contribution in [0.4, 0.5) is 17.1 Å². The maximum absolute atomic E-state index is 6.80. The third-order valence-corrected chi connectivity index (χ3v) is 9.64. The van der Waals surface area contributed by atoms with Crippen LogP contribution in [0.5, 0.6) is 0 Å². The number of para-hydroxylation sites is 2. The van der Waals surface area contributed by atoms with Crippen molar-refractivity contribution in [2.45, 2.75) is 19.3 Å². The molecule has 0 atom stereocenters. The van der Waals surface area contributed by atoms with Crippen LogP contribution in [-0.4, -0.2) is 0 Å². The number of anilines is 3. The van der Waals surface area contributed by atoms with E-state index in [-0.39, 0.29) is 5.41 Å². The largest absolute Gasteiger partial charge is 0.454 e. The highest BCUT2D eigenvalue weighted by Gasteiger charge is 2.36. The lowest BCUT2D eigenvalue weighted by Gasteiger charge is -2.30. The molecule has 0 bridgehead atoms. The molecule has 45 heavy (non-hydrogen) atoms. The van der Waals surface area contributed by atoms with Gasteiger partial charge in [0.1, 0.15) is 5.58 Å². The molecule has 0 saturated carbocycles. The molecule has 7 aromatic carbocycles. The van der Waals surface area contributed by atoms with E-state index in [2.05, 4.69) is 164 Å². The van der Waals surface area contributed by atoms with E-state index in [0.717, 1.165) is 50.0 Å². The van der Waals surface area contributed by atoms with Gasteiger partial charge in [-0.3, -0.25) is 0 Å². The van der Waals surface area contributed by atoms with Crippen LogP contribution in [-0.2, 0) is 5.41 Å². The van der Waals surface area contributed by atoms with E-state index in [1.54, 1.807) is 0 Å². The van der Waals surface area contributed by atoms with Gasteiger partial charge >= 0.3 is 0 Å². The number of nitrogens with zero attached hydrogens (tertiary/aromatic N) is 1. The second-order valence-electron chi connectivity index (χ2n) is 12.5. The highest BCUT2D eigenvalue weighted by Crippen LogP contribution is 2.53. The van der Waals surface area contributed by atoms with Crippen LogP contribution in [0.15, 0.2) is 156 Å². The lowest BCUT2D eigenvalue weighted by Crippen LogP contribution is -2.15. The zero-order valence-electron chi connectivity index (χ0n) is 25.3. The van der Waals surface area contributed by atoms with Crippen molar-refractivity contribution < 1.29 is 4.42 Å². The molecule has 0 N–H and O–H groups in total. The molecule has 0 saturated heterocycles. The summed E-state index contributed by atoms with van der Waals surface area (Å²) in [5.41, 5.74) is 12.6. The molecule has 0 aliphatic heterocycles. The Morgan fingerprint density at radius 1 is 0.511 bits per heavy atom. The first-order valence-electron chi connectivity index (χ1n) is 15.6. The van der Waals surface area contributed by atoms with Crippen LogP contribution in [0.1, 0.15) is 25.0 Å². The molecule has 214 valence electrons. The van der Waals surface area contributed by atoms with Crippen molar-refractivity contribution in [3.63, 3.8) is 0 Å². The Hall–Kier alpha value is -5.60. The van der Waals surface area contributed by atoms with Crippen LogP contribution >= 0.6 is 0 Å². The van der Waals surface area contributed by atoms with Crippen LogP contribution in [0.3, 0.4) is 0 Å². The van der Waals surface area contributed by atoms with Crippen molar-refractivity contribution in [3.05, 3.63) is 163 Å². The number of furan rings is 1. The zero-order valence-corrected chi connectivity index (χ0v) is 25.3. The Labute approximate surface area is 262 Å². The van der Waals surface area contributed by atoms with Crippen LogP contribution in [0.25, 0.3) is 55.0 Å². The molecule has 0 unspecified atom stereocenters. The van der Waals surface area contributed by atoms with Crippen molar-refractivity contribution in [2.75, 3.05) is 4.90 Å². The molecule has 1 aliphatic carbocycles. The first kappa shape index (κ1) is 25.9. The predicted molar refractivity (Wildman–Crippen MR) is 189 cm³/mol.